The Morgan fingerprint density at radius 2 is 1.46 bits per heavy atom. The Kier molecular flexibility index (Phi) is 3.92. The molecule has 0 aliphatic carbocycles. The Bertz CT molecular complexity index is 1080. The van der Waals surface area contributed by atoms with Crippen molar-refractivity contribution in [3.63, 3.8) is 0 Å². The standard InChI is InChI=1S/C20H11F6NO/c21-19(22,23)10-27-16-9-8-13(11-4-6-12(7-5-11)20(24,25)26)14-2-1-3-15(17(14)16)18(27)28/h1-9H,10H2. The van der Waals surface area contributed by atoms with Crippen LogP contribution < -0.4 is 4.90 Å². The van der Waals surface area contributed by atoms with Crippen molar-refractivity contribution in [1.29, 1.82) is 0 Å². The fourth-order valence-electron chi connectivity index (χ4n) is 3.47. The van der Waals surface area contributed by atoms with Gasteiger partial charge in [0, 0.05) is 10.9 Å². The summed E-state index contributed by atoms with van der Waals surface area (Å²) in [4.78, 5) is 13.1. The van der Waals surface area contributed by atoms with Gasteiger partial charge in [-0.25, -0.2) is 0 Å². The predicted octanol–water partition coefficient (Wildman–Crippen LogP) is 6.05. The van der Waals surface area contributed by atoms with Crippen molar-refractivity contribution in [1.82, 2.24) is 0 Å². The van der Waals surface area contributed by atoms with E-state index in [1.165, 1.54) is 30.3 Å². The van der Waals surface area contributed by atoms with Crippen LogP contribution in [-0.4, -0.2) is 18.6 Å². The van der Waals surface area contributed by atoms with Crippen molar-refractivity contribution in [3.05, 3.63) is 65.7 Å². The summed E-state index contributed by atoms with van der Waals surface area (Å²) in [6, 6.07) is 12.0. The van der Waals surface area contributed by atoms with Crippen LogP contribution in [0.1, 0.15) is 15.9 Å². The number of halogens is 6. The van der Waals surface area contributed by atoms with Gasteiger partial charge in [0.2, 0.25) is 0 Å². The molecule has 1 heterocycles. The highest BCUT2D eigenvalue weighted by Gasteiger charge is 2.39. The van der Waals surface area contributed by atoms with Gasteiger partial charge in [-0.15, -0.1) is 0 Å². The van der Waals surface area contributed by atoms with Crippen LogP contribution in [0.2, 0.25) is 0 Å². The average molecular weight is 395 g/mol. The SMILES string of the molecule is O=C1c2cccc3c(-c4ccc(C(F)(F)F)cc4)ccc(c23)N1CC(F)(F)F. The molecule has 3 aromatic rings. The van der Waals surface area contributed by atoms with E-state index in [9.17, 15) is 31.1 Å². The molecule has 8 heteroatoms. The maximum absolute atomic E-state index is 12.9. The lowest BCUT2D eigenvalue weighted by atomic mass is 9.95. The molecule has 0 fully saturated rings. The zero-order valence-electron chi connectivity index (χ0n) is 14.0. The molecule has 2 nitrogen and oxygen atoms in total. The van der Waals surface area contributed by atoms with Gasteiger partial charge in [-0.1, -0.05) is 30.3 Å². The van der Waals surface area contributed by atoms with E-state index in [1.54, 1.807) is 12.1 Å². The van der Waals surface area contributed by atoms with E-state index in [2.05, 4.69) is 0 Å². The third-order valence-electron chi connectivity index (χ3n) is 4.65. The minimum Gasteiger partial charge on any atom is -0.299 e. The summed E-state index contributed by atoms with van der Waals surface area (Å²) in [6.07, 6.45) is -9.03. The molecule has 0 spiro atoms. The molecule has 0 radical (unpaired) electrons. The van der Waals surface area contributed by atoms with Gasteiger partial charge in [0.15, 0.2) is 0 Å². The van der Waals surface area contributed by atoms with Crippen LogP contribution in [0.15, 0.2) is 54.6 Å². The second-order valence-corrected chi connectivity index (χ2v) is 6.44. The van der Waals surface area contributed by atoms with E-state index in [0.29, 0.717) is 26.8 Å². The van der Waals surface area contributed by atoms with Crippen molar-refractivity contribution in [2.75, 3.05) is 11.4 Å². The lowest BCUT2D eigenvalue weighted by Crippen LogP contribution is -2.36. The predicted molar refractivity (Wildman–Crippen MR) is 92.1 cm³/mol. The minimum absolute atomic E-state index is 0.142. The summed E-state index contributed by atoms with van der Waals surface area (Å²) in [7, 11) is 0. The minimum atomic E-state index is -4.56. The van der Waals surface area contributed by atoms with E-state index in [4.69, 9.17) is 0 Å². The summed E-state index contributed by atoms with van der Waals surface area (Å²) < 4.78 is 77.0. The Balaban J connectivity index is 1.86. The summed E-state index contributed by atoms with van der Waals surface area (Å²) in [5, 5.41) is 0.877. The molecule has 0 saturated heterocycles. The normalized spacial score (nSPS) is 14.2. The number of carbonyl (C=O) groups is 1. The molecule has 0 aromatic heterocycles. The molecule has 0 bridgehead atoms. The van der Waals surface area contributed by atoms with Gasteiger partial charge in [-0.05, 0) is 40.8 Å². The Morgan fingerprint density at radius 3 is 2.07 bits per heavy atom. The van der Waals surface area contributed by atoms with Crippen LogP contribution >= 0.6 is 0 Å². The molecule has 0 N–H and O–H groups in total. The Hall–Kier alpha value is -3.03. The Morgan fingerprint density at radius 1 is 0.786 bits per heavy atom. The zero-order chi connectivity index (χ0) is 20.3. The van der Waals surface area contributed by atoms with Crippen molar-refractivity contribution < 1.29 is 31.1 Å². The first-order chi connectivity index (χ1) is 13.1. The number of carbonyl (C=O) groups excluding carboxylic acids is 1. The van der Waals surface area contributed by atoms with Crippen LogP contribution in [0.4, 0.5) is 32.0 Å². The molecule has 0 atom stereocenters. The smallest absolute Gasteiger partial charge is 0.299 e. The molecule has 28 heavy (non-hydrogen) atoms. The average Bonchev–Trinajstić information content (AvgIpc) is 2.88. The second-order valence-electron chi connectivity index (χ2n) is 6.44. The third-order valence-corrected chi connectivity index (χ3v) is 4.65. The molecule has 1 aliphatic rings. The Labute approximate surface area is 155 Å². The van der Waals surface area contributed by atoms with Gasteiger partial charge < -0.3 is 0 Å². The van der Waals surface area contributed by atoms with Crippen molar-refractivity contribution in [2.45, 2.75) is 12.4 Å². The number of alkyl halides is 6. The topological polar surface area (TPSA) is 20.3 Å². The molecule has 0 saturated carbocycles. The number of rotatable bonds is 2. The number of anilines is 1. The molecular formula is C20H11F6NO. The maximum Gasteiger partial charge on any atom is 0.416 e. The lowest BCUT2D eigenvalue weighted by molar-refractivity contribution is -0.137. The maximum atomic E-state index is 12.9. The van der Waals surface area contributed by atoms with Crippen molar-refractivity contribution in [3.8, 4) is 11.1 Å². The van der Waals surface area contributed by atoms with Gasteiger partial charge >= 0.3 is 12.4 Å². The highest BCUT2D eigenvalue weighted by molar-refractivity contribution is 6.26. The van der Waals surface area contributed by atoms with Gasteiger partial charge in [-0.2, -0.15) is 26.3 Å². The van der Waals surface area contributed by atoms with E-state index < -0.39 is 30.4 Å². The molecule has 1 aliphatic heterocycles. The van der Waals surface area contributed by atoms with Gasteiger partial charge in [0.1, 0.15) is 6.54 Å². The first-order valence-corrected chi connectivity index (χ1v) is 8.18. The van der Waals surface area contributed by atoms with Gasteiger partial charge in [0.05, 0.1) is 11.3 Å². The lowest BCUT2D eigenvalue weighted by Gasteiger charge is -2.19. The fourth-order valence-corrected chi connectivity index (χ4v) is 3.47. The highest BCUT2D eigenvalue weighted by atomic mass is 19.4. The first-order valence-electron chi connectivity index (χ1n) is 8.18. The van der Waals surface area contributed by atoms with Crippen LogP contribution in [0.5, 0.6) is 0 Å². The number of hydrogen-bond donors (Lipinski definition) is 0. The molecule has 1 amide bonds. The summed E-state index contributed by atoms with van der Waals surface area (Å²) in [5.41, 5.74) is 0.497. The quantitative estimate of drug-likeness (QED) is 0.484. The van der Waals surface area contributed by atoms with Crippen LogP contribution in [0, 0.1) is 0 Å². The molecule has 144 valence electrons. The number of amides is 1. The third kappa shape index (κ3) is 2.98. The number of hydrogen-bond acceptors (Lipinski definition) is 1. The summed E-state index contributed by atoms with van der Waals surface area (Å²) >= 11 is 0. The van der Waals surface area contributed by atoms with E-state index in [-0.39, 0.29) is 11.3 Å². The zero-order valence-corrected chi connectivity index (χ0v) is 14.0. The highest BCUT2D eigenvalue weighted by Crippen LogP contribution is 2.43. The van der Waals surface area contributed by atoms with Gasteiger partial charge in [-0.3, -0.25) is 9.69 Å². The molecule has 3 aromatic carbocycles. The molecular weight excluding hydrogens is 384 g/mol. The van der Waals surface area contributed by atoms with Crippen LogP contribution in [0.3, 0.4) is 0 Å². The van der Waals surface area contributed by atoms with Crippen molar-refractivity contribution in [2.24, 2.45) is 0 Å². The largest absolute Gasteiger partial charge is 0.416 e. The van der Waals surface area contributed by atoms with E-state index in [0.717, 1.165) is 12.1 Å². The summed E-state index contributed by atoms with van der Waals surface area (Å²) in [5.74, 6) is -0.748. The molecule has 0 unspecified atom stereocenters. The van der Waals surface area contributed by atoms with E-state index in [1.807, 2.05) is 0 Å². The van der Waals surface area contributed by atoms with E-state index >= 15 is 0 Å². The monoisotopic (exact) mass is 395 g/mol. The van der Waals surface area contributed by atoms with Crippen molar-refractivity contribution >= 4 is 22.4 Å². The second kappa shape index (κ2) is 5.98. The van der Waals surface area contributed by atoms with Gasteiger partial charge in [0.25, 0.3) is 5.91 Å². The number of benzene rings is 3. The first kappa shape index (κ1) is 18.3. The van der Waals surface area contributed by atoms with Crippen LogP contribution in [-0.2, 0) is 6.18 Å². The number of nitrogens with zero attached hydrogens (tertiary/aromatic N) is 1. The summed E-state index contributed by atoms with van der Waals surface area (Å²) in [6.45, 7) is -1.41. The van der Waals surface area contributed by atoms with Crippen LogP contribution in [0.25, 0.3) is 21.9 Å². The fraction of sp³-hybridized carbons (Fsp3) is 0.150. The molecule has 4 rings (SSSR count).